The lowest BCUT2D eigenvalue weighted by Gasteiger charge is -2.11. The number of thiazole rings is 1. The van der Waals surface area contributed by atoms with Crippen molar-refractivity contribution in [1.82, 2.24) is 4.98 Å². The molecule has 3 rings (SSSR count). The standard InChI is InChI=1S/C16H11F3N2OS/c1-9-6-7-10(8-12(9)21-15(22)16(17,18)19)14-20-11-4-2-3-5-13(11)23-14/h2-8H,1H3,(H,21,22). The van der Waals surface area contributed by atoms with E-state index in [9.17, 15) is 18.0 Å². The molecule has 0 bridgehead atoms. The Balaban J connectivity index is 1.98. The molecule has 1 N–H and O–H groups in total. The van der Waals surface area contributed by atoms with Crippen molar-refractivity contribution in [2.75, 3.05) is 5.32 Å². The van der Waals surface area contributed by atoms with E-state index < -0.39 is 12.1 Å². The number of anilines is 1. The monoisotopic (exact) mass is 336 g/mol. The average Bonchev–Trinajstić information content (AvgIpc) is 2.92. The van der Waals surface area contributed by atoms with E-state index in [-0.39, 0.29) is 5.69 Å². The van der Waals surface area contributed by atoms with Crippen LogP contribution >= 0.6 is 11.3 Å². The number of alkyl halides is 3. The third-order valence-corrected chi connectivity index (χ3v) is 4.37. The quantitative estimate of drug-likeness (QED) is 0.732. The van der Waals surface area contributed by atoms with Crippen LogP contribution in [0.5, 0.6) is 0 Å². The van der Waals surface area contributed by atoms with Gasteiger partial charge in [-0.05, 0) is 30.7 Å². The van der Waals surface area contributed by atoms with E-state index in [1.165, 1.54) is 17.4 Å². The summed E-state index contributed by atoms with van der Waals surface area (Å²) < 4.78 is 38.2. The molecule has 2 aromatic carbocycles. The topological polar surface area (TPSA) is 42.0 Å². The second-order valence-electron chi connectivity index (χ2n) is 4.97. The maximum Gasteiger partial charge on any atom is 0.471 e. The van der Waals surface area contributed by atoms with Crippen LogP contribution in [0.1, 0.15) is 5.56 Å². The van der Waals surface area contributed by atoms with Crippen molar-refractivity contribution in [3.05, 3.63) is 48.0 Å². The smallest absolute Gasteiger partial charge is 0.318 e. The molecule has 0 aliphatic heterocycles. The van der Waals surface area contributed by atoms with Gasteiger partial charge in [0.15, 0.2) is 0 Å². The van der Waals surface area contributed by atoms with Crippen molar-refractivity contribution >= 4 is 33.1 Å². The third-order valence-electron chi connectivity index (χ3n) is 3.28. The predicted octanol–water partition coefficient (Wildman–Crippen LogP) is 4.77. The first kappa shape index (κ1) is 15.5. The number of nitrogens with zero attached hydrogens (tertiary/aromatic N) is 1. The van der Waals surface area contributed by atoms with Crippen molar-refractivity contribution in [3.8, 4) is 10.6 Å². The lowest BCUT2D eigenvalue weighted by molar-refractivity contribution is -0.167. The Morgan fingerprint density at radius 3 is 2.61 bits per heavy atom. The fourth-order valence-electron chi connectivity index (χ4n) is 2.08. The third kappa shape index (κ3) is 3.19. The maximum atomic E-state index is 12.4. The Morgan fingerprint density at radius 1 is 1.17 bits per heavy atom. The predicted molar refractivity (Wildman–Crippen MR) is 84.5 cm³/mol. The van der Waals surface area contributed by atoms with Gasteiger partial charge in [0.1, 0.15) is 5.01 Å². The number of aromatic nitrogens is 1. The minimum Gasteiger partial charge on any atom is -0.318 e. The van der Waals surface area contributed by atoms with Crippen LogP contribution in [0.4, 0.5) is 18.9 Å². The van der Waals surface area contributed by atoms with Gasteiger partial charge in [0.25, 0.3) is 0 Å². The van der Waals surface area contributed by atoms with Crippen LogP contribution in [0.25, 0.3) is 20.8 Å². The Bertz CT molecular complexity index is 853. The van der Waals surface area contributed by atoms with Crippen LogP contribution in [0, 0.1) is 6.92 Å². The normalized spacial score (nSPS) is 11.7. The number of hydrogen-bond acceptors (Lipinski definition) is 3. The zero-order valence-corrected chi connectivity index (χ0v) is 12.8. The van der Waals surface area contributed by atoms with E-state index in [1.807, 2.05) is 29.6 Å². The molecule has 0 radical (unpaired) electrons. The molecule has 3 aromatic rings. The largest absolute Gasteiger partial charge is 0.471 e. The molecule has 1 amide bonds. The summed E-state index contributed by atoms with van der Waals surface area (Å²) in [7, 11) is 0. The Hall–Kier alpha value is -2.41. The van der Waals surface area contributed by atoms with Crippen LogP contribution in [0.2, 0.25) is 0 Å². The molecule has 0 unspecified atom stereocenters. The molecule has 0 aliphatic carbocycles. The fraction of sp³-hybridized carbons (Fsp3) is 0.125. The second kappa shape index (κ2) is 5.66. The van der Waals surface area contributed by atoms with Crippen molar-refractivity contribution < 1.29 is 18.0 Å². The minimum absolute atomic E-state index is 0.129. The Labute approximate surface area is 133 Å². The highest BCUT2D eigenvalue weighted by atomic mass is 32.1. The maximum absolute atomic E-state index is 12.4. The van der Waals surface area contributed by atoms with Crippen molar-refractivity contribution in [1.29, 1.82) is 0 Å². The molecule has 0 saturated heterocycles. The molecule has 1 aromatic heterocycles. The lowest BCUT2D eigenvalue weighted by Crippen LogP contribution is -2.30. The molecule has 0 atom stereocenters. The van der Waals surface area contributed by atoms with Gasteiger partial charge in [-0.1, -0.05) is 24.3 Å². The molecule has 7 heteroatoms. The first-order valence-electron chi connectivity index (χ1n) is 6.69. The van der Waals surface area contributed by atoms with E-state index in [1.54, 1.807) is 19.1 Å². The van der Waals surface area contributed by atoms with Crippen LogP contribution < -0.4 is 5.32 Å². The molecular weight excluding hydrogens is 325 g/mol. The molecule has 3 nitrogen and oxygen atoms in total. The number of nitrogens with one attached hydrogen (secondary N) is 1. The van der Waals surface area contributed by atoms with Crippen LogP contribution in [-0.2, 0) is 4.79 Å². The molecular formula is C16H11F3N2OS. The number of hydrogen-bond donors (Lipinski definition) is 1. The van der Waals surface area contributed by atoms with E-state index in [0.29, 0.717) is 16.1 Å². The van der Waals surface area contributed by atoms with E-state index >= 15 is 0 Å². The number of halogens is 3. The van der Waals surface area contributed by atoms with Crippen LogP contribution in [0.15, 0.2) is 42.5 Å². The SMILES string of the molecule is Cc1ccc(-c2nc3ccccc3s2)cc1NC(=O)C(F)(F)F. The van der Waals surface area contributed by atoms with Gasteiger partial charge in [0.2, 0.25) is 0 Å². The summed E-state index contributed by atoms with van der Waals surface area (Å²) in [6.45, 7) is 1.63. The van der Waals surface area contributed by atoms with E-state index in [4.69, 9.17) is 0 Å². The van der Waals surface area contributed by atoms with Gasteiger partial charge in [-0.25, -0.2) is 4.98 Å². The van der Waals surface area contributed by atoms with Crippen molar-refractivity contribution in [2.45, 2.75) is 13.1 Å². The summed E-state index contributed by atoms with van der Waals surface area (Å²) in [6.07, 6.45) is -4.92. The average molecular weight is 336 g/mol. The van der Waals surface area contributed by atoms with Gasteiger partial charge in [-0.3, -0.25) is 4.79 Å². The molecule has 0 spiro atoms. The molecule has 0 fully saturated rings. The lowest BCUT2D eigenvalue weighted by atomic mass is 10.1. The number of carbonyl (C=O) groups excluding carboxylic acids is 1. The van der Waals surface area contributed by atoms with Gasteiger partial charge >= 0.3 is 12.1 Å². The van der Waals surface area contributed by atoms with Gasteiger partial charge in [-0.15, -0.1) is 11.3 Å². The minimum atomic E-state index is -4.92. The number of benzene rings is 2. The molecule has 1 heterocycles. The molecule has 0 saturated carbocycles. The van der Waals surface area contributed by atoms with Crippen molar-refractivity contribution in [3.63, 3.8) is 0 Å². The second-order valence-corrected chi connectivity index (χ2v) is 6.00. The zero-order chi connectivity index (χ0) is 16.6. The summed E-state index contributed by atoms with van der Waals surface area (Å²) in [5.41, 5.74) is 2.17. The highest BCUT2D eigenvalue weighted by molar-refractivity contribution is 7.21. The highest BCUT2D eigenvalue weighted by Gasteiger charge is 2.38. The Kier molecular flexibility index (Phi) is 3.81. The van der Waals surface area contributed by atoms with E-state index in [0.717, 1.165) is 10.2 Å². The van der Waals surface area contributed by atoms with Crippen LogP contribution in [-0.4, -0.2) is 17.1 Å². The number of rotatable bonds is 2. The summed E-state index contributed by atoms with van der Waals surface area (Å²) in [5.74, 6) is -1.98. The Morgan fingerprint density at radius 2 is 1.91 bits per heavy atom. The number of aryl methyl sites for hydroxylation is 1. The number of carbonyl (C=O) groups is 1. The summed E-state index contributed by atoms with van der Waals surface area (Å²) >= 11 is 1.44. The number of fused-ring (bicyclic) bond motifs is 1. The summed E-state index contributed by atoms with van der Waals surface area (Å²) in [5, 5.41) is 2.60. The fourth-order valence-corrected chi connectivity index (χ4v) is 3.04. The van der Waals surface area contributed by atoms with Gasteiger partial charge in [-0.2, -0.15) is 13.2 Å². The van der Waals surface area contributed by atoms with Crippen LogP contribution in [0.3, 0.4) is 0 Å². The van der Waals surface area contributed by atoms with Gasteiger partial charge in [0, 0.05) is 11.3 Å². The highest BCUT2D eigenvalue weighted by Crippen LogP contribution is 2.32. The number of amides is 1. The van der Waals surface area contributed by atoms with Gasteiger partial charge in [0.05, 0.1) is 10.2 Å². The molecule has 118 valence electrons. The molecule has 0 aliphatic rings. The van der Waals surface area contributed by atoms with Gasteiger partial charge < -0.3 is 5.32 Å². The molecule has 23 heavy (non-hydrogen) atoms. The summed E-state index contributed by atoms with van der Waals surface area (Å²) in [4.78, 5) is 15.6. The summed E-state index contributed by atoms with van der Waals surface area (Å²) in [6, 6.07) is 12.5. The van der Waals surface area contributed by atoms with E-state index in [2.05, 4.69) is 4.98 Å². The zero-order valence-electron chi connectivity index (χ0n) is 11.9. The first-order valence-corrected chi connectivity index (χ1v) is 7.51. The van der Waals surface area contributed by atoms with Crippen molar-refractivity contribution in [2.24, 2.45) is 0 Å². The number of para-hydroxylation sites is 1. The first-order chi connectivity index (χ1) is 10.8.